The molecule has 0 atom stereocenters. The molecule has 0 fully saturated rings. The van der Waals surface area contributed by atoms with E-state index in [-0.39, 0.29) is 28.0 Å². The Morgan fingerprint density at radius 3 is 2.13 bits per heavy atom. The predicted molar refractivity (Wildman–Crippen MR) is 77.9 cm³/mol. The van der Waals surface area contributed by atoms with Gasteiger partial charge in [0, 0.05) is 18.2 Å². The Morgan fingerprint density at radius 2 is 1.43 bits per heavy atom. The van der Waals surface area contributed by atoms with Gasteiger partial charge in [-0.15, -0.1) is 0 Å². The summed E-state index contributed by atoms with van der Waals surface area (Å²) in [6.45, 7) is 0. The van der Waals surface area contributed by atoms with Gasteiger partial charge in [0.25, 0.3) is 0 Å². The minimum Gasteiger partial charge on any atom is -0.508 e. The minimum atomic E-state index is -0.985. The second-order valence-electron chi connectivity index (χ2n) is 4.80. The first-order chi connectivity index (χ1) is 10.8. The van der Waals surface area contributed by atoms with Gasteiger partial charge in [-0.3, -0.25) is 4.79 Å². The first-order valence-electron chi connectivity index (χ1n) is 6.26. The van der Waals surface area contributed by atoms with Crippen LogP contribution in [0.15, 0.2) is 33.5 Å². The van der Waals surface area contributed by atoms with Crippen molar-refractivity contribution in [2.24, 2.45) is 0 Å². The molecular weight excluding hydrogens is 308 g/mol. The Labute approximate surface area is 127 Å². The van der Waals surface area contributed by atoms with Gasteiger partial charge in [-0.2, -0.15) is 0 Å². The van der Waals surface area contributed by atoms with Crippen LogP contribution in [-0.2, 0) is 0 Å². The van der Waals surface area contributed by atoms with E-state index in [0.29, 0.717) is 0 Å². The van der Waals surface area contributed by atoms with Crippen molar-refractivity contribution in [1.29, 1.82) is 0 Å². The Balaban J connectivity index is 2.37. The molecule has 1 heterocycles. The van der Waals surface area contributed by atoms with Gasteiger partial charge in [0.1, 0.15) is 28.2 Å². The van der Waals surface area contributed by atoms with Crippen LogP contribution in [0.5, 0.6) is 34.5 Å². The monoisotopic (exact) mass is 318 g/mol. The van der Waals surface area contributed by atoms with Gasteiger partial charge in [-0.25, -0.2) is 0 Å². The van der Waals surface area contributed by atoms with Crippen molar-refractivity contribution in [3.05, 3.63) is 34.5 Å². The van der Waals surface area contributed by atoms with E-state index in [2.05, 4.69) is 0 Å². The summed E-state index contributed by atoms with van der Waals surface area (Å²) in [5.41, 5.74) is -1.11. The molecule has 118 valence electrons. The zero-order valence-electron chi connectivity index (χ0n) is 11.3. The SMILES string of the molecule is O=c1cc(-c2cc(O)c(O)c(O)c2O)oc2cc(O)cc(O)c12. The van der Waals surface area contributed by atoms with Crippen LogP contribution >= 0.6 is 0 Å². The quantitative estimate of drug-likeness (QED) is 0.293. The van der Waals surface area contributed by atoms with Crippen molar-refractivity contribution in [2.45, 2.75) is 0 Å². The van der Waals surface area contributed by atoms with Crippen molar-refractivity contribution in [1.82, 2.24) is 0 Å². The number of rotatable bonds is 1. The number of hydrogen-bond acceptors (Lipinski definition) is 8. The van der Waals surface area contributed by atoms with Crippen LogP contribution in [0.25, 0.3) is 22.3 Å². The largest absolute Gasteiger partial charge is 0.508 e. The summed E-state index contributed by atoms with van der Waals surface area (Å²) in [6, 6.07) is 3.85. The summed E-state index contributed by atoms with van der Waals surface area (Å²) in [6.07, 6.45) is 0. The highest BCUT2D eigenvalue weighted by molar-refractivity contribution is 5.87. The standard InChI is InChI=1S/C15H10O8/c16-5-1-7(17)12-8(18)4-10(23-11(12)2-5)6-3-9(19)14(21)15(22)13(6)20/h1-4,16-17,19-22H. The van der Waals surface area contributed by atoms with Crippen LogP contribution in [0.3, 0.4) is 0 Å². The Bertz CT molecular complexity index is 1000. The molecule has 0 bridgehead atoms. The highest BCUT2D eigenvalue weighted by Gasteiger charge is 2.20. The van der Waals surface area contributed by atoms with Gasteiger partial charge in [0.05, 0.1) is 5.56 Å². The van der Waals surface area contributed by atoms with Gasteiger partial charge in [0.2, 0.25) is 11.5 Å². The number of benzene rings is 2. The van der Waals surface area contributed by atoms with E-state index in [9.17, 15) is 35.4 Å². The van der Waals surface area contributed by atoms with Crippen molar-refractivity contribution >= 4 is 11.0 Å². The molecule has 8 heteroatoms. The molecule has 2 aromatic carbocycles. The van der Waals surface area contributed by atoms with Crippen LogP contribution in [0.4, 0.5) is 0 Å². The van der Waals surface area contributed by atoms with E-state index in [0.717, 1.165) is 24.3 Å². The third kappa shape index (κ3) is 2.13. The van der Waals surface area contributed by atoms with E-state index in [1.54, 1.807) is 0 Å². The van der Waals surface area contributed by atoms with Crippen LogP contribution in [0, 0.1) is 0 Å². The average Bonchev–Trinajstić information content (AvgIpc) is 2.47. The molecule has 1 aromatic heterocycles. The molecule has 6 N–H and O–H groups in total. The van der Waals surface area contributed by atoms with Crippen LogP contribution in [0.2, 0.25) is 0 Å². The van der Waals surface area contributed by atoms with E-state index >= 15 is 0 Å². The van der Waals surface area contributed by atoms with Gasteiger partial charge in [-0.1, -0.05) is 0 Å². The Hall–Kier alpha value is -3.55. The lowest BCUT2D eigenvalue weighted by Crippen LogP contribution is -2.00. The van der Waals surface area contributed by atoms with Crippen molar-refractivity contribution < 1.29 is 35.1 Å². The molecule has 0 aliphatic heterocycles. The third-order valence-corrected chi connectivity index (χ3v) is 3.29. The van der Waals surface area contributed by atoms with Crippen LogP contribution < -0.4 is 5.43 Å². The maximum atomic E-state index is 12.1. The van der Waals surface area contributed by atoms with E-state index in [1.807, 2.05) is 0 Å². The molecular formula is C15H10O8. The molecule has 0 spiro atoms. The van der Waals surface area contributed by atoms with Crippen LogP contribution in [-0.4, -0.2) is 30.6 Å². The zero-order chi connectivity index (χ0) is 16.9. The first-order valence-corrected chi connectivity index (χ1v) is 6.26. The fourth-order valence-corrected chi connectivity index (χ4v) is 2.21. The summed E-state index contributed by atoms with van der Waals surface area (Å²) >= 11 is 0. The molecule has 0 aliphatic rings. The van der Waals surface area contributed by atoms with E-state index in [4.69, 9.17) is 4.42 Å². The van der Waals surface area contributed by atoms with Gasteiger partial charge in [-0.05, 0) is 6.07 Å². The maximum absolute atomic E-state index is 12.1. The van der Waals surface area contributed by atoms with E-state index < -0.39 is 34.2 Å². The predicted octanol–water partition coefficient (Wildman–Crippen LogP) is 1.69. The molecule has 23 heavy (non-hydrogen) atoms. The summed E-state index contributed by atoms with van der Waals surface area (Å²) in [5.74, 6) is -4.55. The molecule has 0 amide bonds. The summed E-state index contributed by atoms with van der Waals surface area (Å²) in [5, 5.41) is 57.2. The highest BCUT2D eigenvalue weighted by Crippen LogP contribution is 2.47. The van der Waals surface area contributed by atoms with Gasteiger partial charge in [0.15, 0.2) is 16.9 Å². The normalized spacial score (nSPS) is 11.0. The lowest BCUT2D eigenvalue weighted by atomic mass is 10.1. The number of hydrogen-bond donors (Lipinski definition) is 6. The van der Waals surface area contributed by atoms with Crippen LogP contribution in [0.1, 0.15) is 0 Å². The molecule has 0 saturated carbocycles. The third-order valence-electron chi connectivity index (χ3n) is 3.29. The number of phenols is 6. The Kier molecular flexibility index (Phi) is 2.96. The van der Waals surface area contributed by atoms with Crippen molar-refractivity contribution in [3.8, 4) is 45.8 Å². The molecule has 8 nitrogen and oxygen atoms in total. The second-order valence-corrected chi connectivity index (χ2v) is 4.80. The van der Waals surface area contributed by atoms with Gasteiger partial charge < -0.3 is 35.1 Å². The zero-order valence-corrected chi connectivity index (χ0v) is 11.3. The fourth-order valence-electron chi connectivity index (χ4n) is 2.21. The lowest BCUT2D eigenvalue weighted by molar-refractivity contribution is 0.346. The summed E-state index contributed by atoms with van der Waals surface area (Å²) < 4.78 is 5.34. The highest BCUT2D eigenvalue weighted by atomic mass is 16.4. The molecule has 0 aliphatic carbocycles. The van der Waals surface area contributed by atoms with Gasteiger partial charge >= 0.3 is 0 Å². The molecule has 3 rings (SSSR count). The molecule has 0 unspecified atom stereocenters. The number of aromatic hydroxyl groups is 6. The summed E-state index contributed by atoms with van der Waals surface area (Å²) in [4.78, 5) is 12.1. The number of fused-ring (bicyclic) bond motifs is 1. The lowest BCUT2D eigenvalue weighted by Gasteiger charge is -2.10. The topological polar surface area (TPSA) is 152 Å². The first kappa shape index (κ1) is 14.4. The van der Waals surface area contributed by atoms with Crippen molar-refractivity contribution in [2.75, 3.05) is 0 Å². The minimum absolute atomic E-state index is 0.170. The molecule has 3 aromatic rings. The summed E-state index contributed by atoms with van der Waals surface area (Å²) in [7, 11) is 0. The molecule has 0 radical (unpaired) electrons. The van der Waals surface area contributed by atoms with E-state index in [1.165, 1.54) is 0 Å². The smallest absolute Gasteiger partial charge is 0.205 e. The number of phenolic OH excluding ortho intramolecular Hbond substituents is 6. The second kappa shape index (κ2) is 4.73. The maximum Gasteiger partial charge on any atom is 0.205 e. The Morgan fingerprint density at radius 1 is 0.739 bits per heavy atom. The average molecular weight is 318 g/mol. The van der Waals surface area contributed by atoms with Crippen molar-refractivity contribution in [3.63, 3.8) is 0 Å². The molecule has 0 saturated heterocycles. The fraction of sp³-hybridized carbons (Fsp3) is 0.